The van der Waals surface area contributed by atoms with E-state index in [1.54, 1.807) is 7.11 Å². The third kappa shape index (κ3) is 3.06. The molecular weight excluding hydrogens is 198 g/mol. The number of benzene rings is 1. The highest BCUT2D eigenvalue weighted by atomic mass is 16.5. The summed E-state index contributed by atoms with van der Waals surface area (Å²) in [6, 6.07) is 10.9. The van der Waals surface area contributed by atoms with Crippen LogP contribution in [0, 0.1) is 11.8 Å². The molecule has 3 atom stereocenters. The van der Waals surface area contributed by atoms with Crippen LogP contribution in [0.2, 0.25) is 0 Å². The van der Waals surface area contributed by atoms with Crippen LogP contribution < -0.4 is 5.32 Å². The molecule has 1 aromatic carbocycles. The first-order valence-corrected chi connectivity index (χ1v) is 6.08. The van der Waals surface area contributed by atoms with E-state index < -0.39 is 0 Å². The van der Waals surface area contributed by atoms with Crippen LogP contribution in [0.4, 0.5) is 0 Å². The smallest absolute Gasteiger partial charge is 0.0657 e. The van der Waals surface area contributed by atoms with Crippen molar-refractivity contribution in [2.75, 3.05) is 20.3 Å². The van der Waals surface area contributed by atoms with Crippen molar-refractivity contribution in [2.45, 2.75) is 19.4 Å². The minimum atomic E-state index is 0.332. The fourth-order valence-corrected chi connectivity index (χ4v) is 2.10. The molecule has 2 rings (SSSR count). The summed E-state index contributed by atoms with van der Waals surface area (Å²) in [5.41, 5.74) is 1.32. The molecule has 1 aliphatic carbocycles. The molecule has 0 aliphatic heterocycles. The van der Waals surface area contributed by atoms with Crippen molar-refractivity contribution in [2.24, 2.45) is 11.8 Å². The Morgan fingerprint density at radius 3 is 2.62 bits per heavy atom. The Morgan fingerprint density at radius 1 is 1.38 bits per heavy atom. The number of rotatable bonds is 6. The van der Waals surface area contributed by atoms with Crippen LogP contribution in [0.1, 0.15) is 24.9 Å². The number of ether oxygens (including phenoxy) is 1. The first-order chi connectivity index (χ1) is 7.81. The van der Waals surface area contributed by atoms with Crippen LogP contribution in [-0.4, -0.2) is 20.3 Å². The third-order valence-electron chi connectivity index (χ3n) is 3.44. The molecule has 0 saturated heterocycles. The highest BCUT2D eigenvalue weighted by Gasteiger charge is 2.32. The second-order valence-electron chi connectivity index (χ2n) is 4.80. The number of hydrogen-bond donors (Lipinski definition) is 1. The molecule has 0 bridgehead atoms. The Bertz CT molecular complexity index is 312. The molecular formula is C14H21NO. The largest absolute Gasteiger partial charge is 0.383 e. The molecule has 2 heteroatoms. The van der Waals surface area contributed by atoms with Crippen molar-refractivity contribution in [1.29, 1.82) is 0 Å². The fraction of sp³-hybridized carbons (Fsp3) is 0.571. The highest BCUT2D eigenvalue weighted by Crippen LogP contribution is 2.37. The van der Waals surface area contributed by atoms with Gasteiger partial charge in [0.1, 0.15) is 0 Å². The summed E-state index contributed by atoms with van der Waals surface area (Å²) < 4.78 is 5.28. The normalized spacial score (nSPS) is 25.4. The van der Waals surface area contributed by atoms with Crippen molar-refractivity contribution in [3.63, 3.8) is 0 Å². The third-order valence-corrected chi connectivity index (χ3v) is 3.44. The van der Waals surface area contributed by atoms with E-state index in [0.29, 0.717) is 6.04 Å². The van der Waals surface area contributed by atoms with Crippen molar-refractivity contribution >= 4 is 0 Å². The van der Waals surface area contributed by atoms with Gasteiger partial charge < -0.3 is 10.1 Å². The molecule has 0 aromatic heterocycles. The van der Waals surface area contributed by atoms with E-state index in [1.807, 2.05) is 0 Å². The van der Waals surface area contributed by atoms with E-state index in [2.05, 4.69) is 42.6 Å². The maximum atomic E-state index is 5.28. The minimum Gasteiger partial charge on any atom is -0.383 e. The Balaban J connectivity index is 1.89. The fourth-order valence-electron chi connectivity index (χ4n) is 2.10. The minimum absolute atomic E-state index is 0.332. The second-order valence-corrected chi connectivity index (χ2v) is 4.80. The van der Waals surface area contributed by atoms with Gasteiger partial charge in [-0.15, -0.1) is 0 Å². The average Bonchev–Trinajstić information content (AvgIpc) is 3.02. The predicted octanol–water partition coefficient (Wildman–Crippen LogP) is 2.62. The van der Waals surface area contributed by atoms with Crippen LogP contribution in [0.25, 0.3) is 0 Å². The van der Waals surface area contributed by atoms with Gasteiger partial charge in [-0.25, -0.2) is 0 Å². The SMILES string of the molecule is COCC(NCC1CC1C)c1ccccc1. The van der Waals surface area contributed by atoms with Crippen LogP contribution in [0.5, 0.6) is 0 Å². The van der Waals surface area contributed by atoms with Crippen LogP contribution in [0.15, 0.2) is 30.3 Å². The Kier molecular flexibility index (Phi) is 3.97. The molecule has 0 spiro atoms. The molecule has 1 N–H and O–H groups in total. The van der Waals surface area contributed by atoms with Gasteiger partial charge in [0.25, 0.3) is 0 Å². The monoisotopic (exact) mass is 219 g/mol. The summed E-state index contributed by atoms with van der Waals surface area (Å²) in [4.78, 5) is 0. The maximum Gasteiger partial charge on any atom is 0.0657 e. The van der Waals surface area contributed by atoms with Crippen molar-refractivity contribution < 1.29 is 4.74 Å². The zero-order chi connectivity index (χ0) is 11.4. The van der Waals surface area contributed by atoms with Gasteiger partial charge in [-0.2, -0.15) is 0 Å². The summed E-state index contributed by atoms with van der Waals surface area (Å²) >= 11 is 0. The zero-order valence-corrected chi connectivity index (χ0v) is 10.1. The summed E-state index contributed by atoms with van der Waals surface area (Å²) in [6.07, 6.45) is 1.38. The zero-order valence-electron chi connectivity index (χ0n) is 10.1. The molecule has 1 aliphatic rings. The summed E-state index contributed by atoms with van der Waals surface area (Å²) in [7, 11) is 1.76. The van der Waals surface area contributed by atoms with E-state index in [4.69, 9.17) is 4.74 Å². The lowest BCUT2D eigenvalue weighted by Crippen LogP contribution is -2.27. The van der Waals surface area contributed by atoms with Gasteiger partial charge in [0.05, 0.1) is 12.6 Å². The molecule has 0 heterocycles. The molecule has 2 nitrogen and oxygen atoms in total. The molecule has 1 aromatic rings. The number of nitrogens with one attached hydrogen (secondary N) is 1. The first kappa shape index (κ1) is 11.6. The first-order valence-electron chi connectivity index (χ1n) is 6.08. The van der Waals surface area contributed by atoms with Crippen molar-refractivity contribution in [3.05, 3.63) is 35.9 Å². The van der Waals surface area contributed by atoms with Gasteiger partial charge in [-0.1, -0.05) is 37.3 Å². The van der Waals surface area contributed by atoms with Gasteiger partial charge in [0.15, 0.2) is 0 Å². The standard InChI is InChI=1S/C14H21NO/c1-11-8-13(11)9-15-14(10-16-2)12-6-4-3-5-7-12/h3-7,11,13-15H,8-10H2,1-2H3. The molecule has 3 unspecified atom stereocenters. The summed E-state index contributed by atoms with van der Waals surface area (Å²) in [5, 5.41) is 3.60. The van der Waals surface area contributed by atoms with Gasteiger partial charge in [-0.3, -0.25) is 0 Å². The van der Waals surface area contributed by atoms with Crippen molar-refractivity contribution in [3.8, 4) is 0 Å². The van der Waals surface area contributed by atoms with Gasteiger partial charge in [-0.05, 0) is 30.4 Å². The Morgan fingerprint density at radius 2 is 2.06 bits per heavy atom. The molecule has 0 radical (unpaired) electrons. The summed E-state index contributed by atoms with van der Waals surface area (Å²) in [6.45, 7) is 4.18. The predicted molar refractivity (Wildman–Crippen MR) is 66.3 cm³/mol. The molecule has 16 heavy (non-hydrogen) atoms. The summed E-state index contributed by atoms with van der Waals surface area (Å²) in [5.74, 6) is 1.79. The lowest BCUT2D eigenvalue weighted by molar-refractivity contribution is 0.166. The molecule has 88 valence electrons. The van der Waals surface area contributed by atoms with Gasteiger partial charge >= 0.3 is 0 Å². The van der Waals surface area contributed by atoms with E-state index in [9.17, 15) is 0 Å². The Labute approximate surface area is 98.0 Å². The number of methoxy groups -OCH3 is 1. The lowest BCUT2D eigenvalue weighted by Gasteiger charge is -2.18. The average molecular weight is 219 g/mol. The molecule has 1 saturated carbocycles. The van der Waals surface area contributed by atoms with E-state index in [1.165, 1.54) is 12.0 Å². The van der Waals surface area contributed by atoms with E-state index in [-0.39, 0.29) is 0 Å². The van der Waals surface area contributed by atoms with E-state index >= 15 is 0 Å². The maximum absolute atomic E-state index is 5.28. The van der Waals surface area contributed by atoms with E-state index in [0.717, 1.165) is 25.0 Å². The van der Waals surface area contributed by atoms with Crippen molar-refractivity contribution in [1.82, 2.24) is 5.32 Å². The second kappa shape index (κ2) is 5.46. The topological polar surface area (TPSA) is 21.3 Å². The Hall–Kier alpha value is -0.860. The quantitative estimate of drug-likeness (QED) is 0.794. The lowest BCUT2D eigenvalue weighted by atomic mass is 10.1. The van der Waals surface area contributed by atoms with Gasteiger partial charge in [0, 0.05) is 7.11 Å². The highest BCUT2D eigenvalue weighted by molar-refractivity contribution is 5.19. The van der Waals surface area contributed by atoms with Crippen LogP contribution >= 0.6 is 0 Å². The molecule has 0 amide bonds. The van der Waals surface area contributed by atoms with Gasteiger partial charge in [0.2, 0.25) is 0 Å². The van der Waals surface area contributed by atoms with Crippen LogP contribution in [0.3, 0.4) is 0 Å². The van der Waals surface area contributed by atoms with Crippen LogP contribution in [-0.2, 0) is 4.74 Å². The molecule has 1 fully saturated rings. The number of hydrogen-bond acceptors (Lipinski definition) is 2.